The molecule has 0 saturated heterocycles. The van der Waals surface area contributed by atoms with E-state index in [1.165, 1.54) is 11.3 Å². The molecule has 0 N–H and O–H groups in total. The molecule has 0 aliphatic carbocycles. The average molecular weight is 471 g/mol. The summed E-state index contributed by atoms with van der Waals surface area (Å²) in [6, 6.07) is 8.45. The predicted octanol–water partition coefficient (Wildman–Crippen LogP) is 2.88. The van der Waals surface area contributed by atoms with E-state index in [2.05, 4.69) is 4.99 Å². The topological polar surface area (TPSA) is 79.1 Å². The van der Waals surface area contributed by atoms with Gasteiger partial charge < -0.3 is 14.2 Å². The summed E-state index contributed by atoms with van der Waals surface area (Å²) < 4.78 is 18.3. The third-order valence-electron chi connectivity index (χ3n) is 5.07. The fourth-order valence-corrected chi connectivity index (χ4v) is 5.40. The number of methoxy groups -OCH3 is 2. The van der Waals surface area contributed by atoms with Crippen LogP contribution in [-0.2, 0) is 9.53 Å². The number of ether oxygens (including phenoxy) is 3. The Bertz CT molecular complexity index is 1370. The second-order valence-electron chi connectivity index (χ2n) is 6.93. The summed E-state index contributed by atoms with van der Waals surface area (Å²) in [5, 5.41) is 1.96. The Morgan fingerprint density at radius 1 is 1.25 bits per heavy atom. The molecule has 0 saturated carbocycles. The lowest BCUT2D eigenvalue weighted by Crippen LogP contribution is -2.40. The molecule has 0 amide bonds. The van der Waals surface area contributed by atoms with Crippen LogP contribution in [0.15, 0.2) is 56.8 Å². The van der Waals surface area contributed by atoms with Gasteiger partial charge in [-0.2, -0.15) is 0 Å². The molecule has 1 atom stereocenters. The minimum atomic E-state index is -0.739. The lowest BCUT2D eigenvalue weighted by atomic mass is 9.95. The third kappa shape index (κ3) is 3.89. The van der Waals surface area contributed by atoms with Gasteiger partial charge in [0.2, 0.25) is 0 Å². The van der Waals surface area contributed by atoms with Gasteiger partial charge in [-0.25, -0.2) is 9.79 Å². The molecule has 0 radical (unpaired) electrons. The third-order valence-corrected chi connectivity index (χ3v) is 6.87. The Labute approximate surface area is 192 Å². The molecule has 0 fully saturated rings. The maximum atomic E-state index is 13.5. The number of thiazole rings is 1. The fraction of sp³-hybridized carbons (Fsp3) is 0.261. The van der Waals surface area contributed by atoms with Crippen LogP contribution < -0.4 is 24.4 Å². The highest BCUT2D eigenvalue weighted by Gasteiger charge is 2.35. The van der Waals surface area contributed by atoms with E-state index < -0.39 is 12.0 Å². The van der Waals surface area contributed by atoms with Crippen molar-refractivity contribution in [2.75, 3.05) is 20.8 Å². The Morgan fingerprint density at radius 2 is 2.06 bits per heavy atom. The fourth-order valence-electron chi connectivity index (χ4n) is 3.63. The van der Waals surface area contributed by atoms with E-state index in [0.717, 1.165) is 4.88 Å². The molecular weight excluding hydrogens is 448 g/mol. The van der Waals surface area contributed by atoms with Crippen molar-refractivity contribution < 1.29 is 19.0 Å². The quantitative estimate of drug-likeness (QED) is 0.518. The number of hydrogen-bond acceptors (Lipinski definition) is 8. The minimum Gasteiger partial charge on any atom is -0.497 e. The molecule has 32 heavy (non-hydrogen) atoms. The first-order chi connectivity index (χ1) is 15.5. The first-order valence-corrected chi connectivity index (χ1v) is 11.6. The van der Waals surface area contributed by atoms with Crippen LogP contribution in [0.1, 0.15) is 30.3 Å². The summed E-state index contributed by atoms with van der Waals surface area (Å²) in [6.07, 6.45) is 1.85. The zero-order valence-electron chi connectivity index (χ0n) is 18.1. The monoisotopic (exact) mass is 470 g/mol. The van der Waals surface area contributed by atoms with Gasteiger partial charge in [0.15, 0.2) is 4.80 Å². The van der Waals surface area contributed by atoms with Crippen LogP contribution in [0, 0.1) is 0 Å². The van der Waals surface area contributed by atoms with E-state index in [4.69, 9.17) is 14.2 Å². The number of carbonyl (C=O) groups excluding carboxylic acids is 1. The summed E-state index contributed by atoms with van der Waals surface area (Å²) >= 11 is 2.84. The molecule has 0 unspecified atom stereocenters. The Kier molecular flexibility index (Phi) is 6.29. The van der Waals surface area contributed by atoms with E-state index in [0.29, 0.717) is 37.7 Å². The number of aromatic nitrogens is 1. The van der Waals surface area contributed by atoms with Crippen molar-refractivity contribution in [3.63, 3.8) is 0 Å². The highest BCUT2D eigenvalue weighted by molar-refractivity contribution is 7.11. The summed E-state index contributed by atoms with van der Waals surface area (Å²) in [5.41, 5.74) is 1.24. The molecule has 1 aliphatic rings. The van der Waals surface area contributed by atoms with E-state index in [-0.39, 0.29) is 12.2 Å². The summed E-state index contributed by atoms with van der Waals surface area (Å²) in [5.74, 6) is 0.594. The van der Waals surface area contributed by atoms with Gasteiger partial charge in [-0.05, 0) is 43.5 Å². The van der Waals surface area contributed by atoms with Gasteiger partial charge in [-0.1, -0.05) is 17.4 Å². The molecule has 0 bridgehead atoms. The maximum Gasteiger partial charge on any atom is 0.338 e. The van der Waals surface area contributed by atoms with Crippen molar-refractivity contribution in [1.29, 1.82) is 0 Å². The van der Waals surface area contributed by atoms with Crippen molar-refractivity contribution in [1.82, 2.24) is 4.57 Å². The van der Waals surface area contributed by atoms with E-state index in [1.54, 1.807) is 62.2 Å². The van der Waals surface area contributed by atoms with Gasteiger partial charge in [-0.3, -0.25) is 9.36 Å². The smallest absolute Gasteiger partial charge is 0.338 e. The van der Waals surface area contributed by atoms with Gasteiger partial charge >= 0.3 is 5.97 Å². The second kappa shape index (κ2) is 9.13. The first-order valence-electron chi connectivity index (χ1n) is 9.93. The lowest BCUT2D eigenvalue weighted by molar-refractivity contribution is -0.139. The number of hydrogen-bond donors (Lipinski definition) is 0. The van der Waals surface area contributed by atoms with Crippen molar-refractivity contribution in [2.24, 2.45) is 4.99 Å². The van der Waals surface area contributed by atoms with Gasteiger partial charge in [0.1, 0.15) is 17.5 Å². The van der Waals surface area contributed by atoms with Crippen LogP contribution in [0.4, 0.5) is 0 Å². The van der Waals surface area contributed by atoms with Crippen LogP contribution in [0.5, 0.6) is 11.5 Å². The van der Waals surface area contributed by atoms with E-state index >= 15 is 0 Å². The zero-order valence-corrected chi connectivity index (χ0v) is 19.7. The number of fused-ring (bicyclic) bond motifs is 1. The highest BCUT2D eigenvalue weighted by Crippen LogP contribution is 2.37. The first kappa shape index (κ1) is 22.0. The largest absolute Gasteiger partial charge is 0.497 e. The molecule has 7 nitrogen and oxygen atoms in total. The number of rotatable bonds is 6. The second-order valence-corrected chi connectivity index (χ2v) is 8.91. The normalized spacial score (nSPS) is 15.9. The van der Waals surface area contributed by atoms with Crippen molar-refractivity contribution in [3.8, 4) is 11.5 Å². The lowest BCUT2D eigenvalue weighted by Gasteiger charge is -2.26. The molecular formula is C23H22N2O5S2. The molecule has 1 aromatic carbocycles. The SMILES string of the molecule is CCOC(=O)C1=C(C)N=c2s/c(=C\c3cccs3)c(=O)n2[C@@H]1c1ccc(OC)cc1OC. The number of allylic oxidation sites excluding steroid dienone is 1. The van der Waals surface area contributed by atoms with Gasteiger partial charge in [0, 0.05) is 16.5 Å². The molecule has 0 spiro atoms. The highest BCUT2D eigenvalue weighted by atomic mass is 32.1. The molecule has 4 rings (SSSR count). The van der Waals surface area contributed by atoms with Crippen LogP contribution in [-0.4, -0.2) is 31.4 Å². The maximum absolute atomic E-state index is 13.5. The molecule has 9 heteroatoms. The van der Waals surface area contributed by atoms with Crippen LogP contribution in [0.25, 0.3) is 6.08 Å². The molecule has 3 heterocycles. The summed E-state index contributed by atoms with van der Waals surface area (Å²) in [7, 11) is 3.11. The Morgan fingerprint density at radius 3 is 2.72 bits per heavy atom. The van der Waals surface area contributed by atoms with Gasteiger partial charge in [0.05, 0.1) is 36.6 Å². The van der Waals surface area contributed by atoms with E-state index in [1.807, 2.05) is 23.6 Å². The molecule has 3 aromatic rings. The standard InChI is InChI=1S/C23H22N2O5S2/c1-5-30-22(27)19-13(2)24-23-25(21(26)18(32-23)12-15-7-6-10-31-15)20(19)16-9-8-14(28-3)11-17(16)29-4/h6-12,20H,5H2,1-4H3/b18-12-/t20-/m1/s1. The average Bonchev–Trinajstić information content (AvgIpc) is 3.40. The van der Waals surface area contributed by atoms with Crippen LogP contribution >= 0.6 is 22.7 Å². The number of benzene rings is 1. The molecule has 1 aliphatic heterocycles. The van der Waals surface area contributed by atoms with Crippen molar-refractivity contribution in [2.45, 2.75) is 19.9 Å². The van der Waals surface area contributed by atoms with Gasteiger partial charge in [-0.15, -0.1) is 11.3 Å². The van der Waals surface area contributed by atoms with Crippen LogP contribution in [0.2, 0.25) is 0 Å². The van der Waals surface area contributed by atoms with E-state index in [9.17, 15) is 9.59 Å². The molecule has 2 aromatic heterocycles. The Balaban J connectivity index is 2.01. The number of carbonyl (C=O) groups is 1. The Hall–Kier alpha value is -3.17. The molecule has 166 valence electrons. The minimum absolute atomic E-state index is 0.213. The predicted molar refractivity (Wildman–Crippen MR) is 124 cm³/mol. The number of nitrogens with zero attached hydrogens (tertiary/aromatic N) is 2. The van der Waals surface area contributed by atoms with Crippen molar-refractivity contribution >= 4 is 34.7 Å². The summed E-state index contributed by atoms with van der Waals surface area (Å²) in [4.78, 5) is 32.6. The number of thiophene rings is 1. The zero-order chi connectivity index (χ0) is 22.8. The van der Waals surface area contributed by atoms with Crippen LogP contribution in [0.3, 0.4) is 0 Å². The van der Waals surface area contributed by atoms with Crippen molar-refractivity contribution in [3.05, 3.63) is 77.1 Å². The summed E-state index contributed by atoms with van der Waals surface area (Å²) in [6.45, 7) is 3.71. The van der Waals surface area contributed by atoms with Gasteiger partial charge in [0.25, 0.3) is 5.56 Å². The number of esters is 1.